The van der Waals surface area contributed by atoms with Gasteiger partial charge in [0.2, 0.25) is 0 Å². The number of benzene rings is 1. The lowest BCUT2D eigenvalue weighted by Gasteiger charge is -2.33. The van der Waals surface area contributed by atoms with Gasteiger partial charge >= 0.3 is 6.09 Å². The molecule has 3 N–H and O–H groups in total. The number of ether oxygens (including phenoxy) is 1. The Morgan fingerprint density at radius 1 is 1.08 bits per heavy atom. The summed E-state index contributed by atoms with van der Waals surface area (Å²) < 4.78 is 5.40. The van der Waals surface area contributed by atoms with Gasteiger partial charge in [0, 0.05) is 19.1 Å². The average Bonchev–Trinajstić information content (AvgIpc) is 3.29. The van der Waals surface area contributed by atoms with Gasteiger partial charge in [0.05, 0.1) is 22.5 Å². The van der Waals surface area contributed by atoms with Crippen LogP contribution >= 0.6 is 11.6 Å². The number of likely N-dealkylation sites (tertiary alicyclic amines) is 1. The number of aromatic nitrogens is 2. The van der Waals surface area contributed by atoms with E-state index >= 15 is 0 Å². The molecule has 0 radical (unpaired) electrons. The van der Waals surface area contributed by atoms with Crippen LogP contribution in [0.25, 0.3) is 0 Å². The second-order valence-corrected chi connectivity index (χ2v) is 9.17. The van der Waals surface area contributed by atoms with Crippen LogP contribution in [0.15, 0.2) is 24.4 Å². The third-order valence-electron chi connectivity index (χ3n) is 5.05. The Balaban J connectivity index is 0.00000154. The largest absolute Gasteiger partial charge is 0.444 e. The Bertz CT molecular complexity index is 988. The van der Waals surface area contributed by atoms with Crippen molar-refractivity contribution >= 4 is 35.2 Å². The first-order chi connectivity index (χ1) is 17.0. The molecule has 1 aromatic carbocycles. The normalized spacial score (nSPS) is 13.4. The van der Waals surface area contributed by atoms with E-state index in [1.165, 1.54) is 6.20 Å². The summed E-state index contributed by atoms with van der Waals surface area (Å²) in [6, 6.07) is 5.07. The van der Waals surface area contributed by atoms with Crippen molar-refractivity contribution in [3.63, 3.8) is 0 Å². The summed E-state index contributed by atoms with van der Waals surface area (Å²) in [7, 11) is 0. The lowest BCUT2D eigenvalue weighted by molar-refractivity contribution is 0.0199. The highest BCUT2D eigenvalue weighted by Crippen LogP contribution is 2.22. The third kappa shape index (κ3) is 8.86. The maximum atomic E-state index is 12.8. The van der Waals surface area contributed by atoms with E-state index in [4.69, 9.17) is 16.3 Å². The highest BCUT2D eigenvalue weighted by molar-refractivity contribution is 6.34. The quantitative estimate of drug-likeness (QED) is 0.469. The Kier molecular flexibility index (Phi) is 12.5. The molecule has 0 saturated carbocycles. The van der Waals surface area contributed by atoms with Gasteiger partial charge in [-0.05, 0) is 52.2 Å². The SMILES string of the molecule is CC.CC.Cc1cccc(Cl)c1C(=O)Nc1cn[nH]c1C(=O)NC1CCN(C(=O)OC(C)(C)C)CC1. The summed E-state index contributed by atoms with van der Waals surface area (Å²) in [5.41, 5.74) is 0.930. The van der Waals surface area contributed by atoms with E-state index in [1.807, 2.05) is 48.5 Å². The number of aryl methyl sites for hydroxylation is 1. The van der Waals surface area contributed by atoms with Crippen molar-refractivity contribution in [1.82, 2.24) is 20.4 Å². The molecule has 9 nitrogen and oxygen atoms in total. The molecule has 10 heteroatoms. The number of piperidine rings is 1. The summed E-state index contributed by atoms with van der Waals surface area (Å²) >= 11 is 6.16. The molecular formula is C26H40ClN5O4. The number of halogens is 1. The minimum atomic E-state index is -0.549. The van der Waals surface area contributed by atoms with Gasteiger partial charge in [-0.1, -0.05) is 51.4 Å². The molecule has 0 unspecified atom stereocenters. The van der Waals surface area contributed by atoms with E-state index in [2.05, 4.69) is 20.8 Å². The van der Waals surface area contributed by atoms with Crippen LogP contribution in [0.4, 0.5) is 10.5 Å². The molecule has 3 amide bonds. The fourth-order valence-electron chi connectivity index (χ4n) is 3.45. The van der Waals surface area contributed by atoms with Crippen molar-refractivity contribution < 1.29 is 19.1 Å². The molecule has 0 bridgehead atoms. The van der Waals surface area contributed by atoms with Crippen molar-refractivity contribution in [1.29, 1.82) is 0 Å². The maximum absolute atomic E-state index is 12.8. The number of hydrogen-bond donors (Lipinski definition) is 3. The van der Waals surface area contributed by atoms with Gasteiger partial charge in [0.1, 0.15) is 11.3 Å². The molecule has 1 aliphatic rings. The number of aromatic amines is 1. The molecule has 36 heavy (non-hydrogen) atoms. The molecule has 1 saturated heterocycles. The number of carbonyl (C=O) groups excluding carboxylic acids is 3. The Labute approximate surface area is 219 Å². The molecule has 1 fully saturated rings. The minimum Gasteiger partial charge on any atom is -0.444 e. The summed E-state index contributed by atoms with van der Waals surface area (Å²) in [5, 5.41) is 12.5. The summed E-state index contributed by atoms with van der Waals surface area (Å²) in [6.07, 6.45) is 2.22. The molecule has 0 spiro atoms. The number of amides is 3. The zero-order valence-electron chi connectivity index (χ0n) is 22.6. The topological polar surface area (TPSA) is 116 Å². The van der Waals surface area contributed by atoms with E-state index in [9.17, 15) is 14.4 Å². The molecule has 2 aromatic rings. The molecule has 0 atom stereocenters. The van der Waals surface area contributed by atoms with Crippen LogP contribution in [0.2, 0.25) is 5.02 Å². The van der Waals surface area contributed by atoms with Crippen LogP contribution in [0.1, 0.15) is 87.7 Å². The molecule has 1 aliphatic heterocycles. The number of carbonyl (C=O) groups is 3. The first-order valence-electron chi connectivity index (χ1n) is 12.4. The fraction of sp³-hybridized carbons (Fsp3) is 0.538. The third-order valence-corrected chi connectivity index (χ3v) is 5.36. The van der Waals surface area contributed by atoms with Gasteiger partial charge in [0.25, 0.3) is 11.8 Å². The smallest absolute Gasteiger partial charge is 0.410 e. The zero-order valence-corrected chi connectivity index (χ0v) is 23.4. The number of anilines is 1. The standard InChI is InChI=1S/C22H28ClN5O4.2C2H6/c1-13-6-5-7-15(23)17(13)19(29)26-16-12-24-27-18(16)20(30)25-14-8-10-28(11-9-14)21(31)32-22(2,3)4;2*1-2/h5-7,12,14H,8-11H2,1-4H3,(H,24,27)(H,25,30)(H,26,29);2*1-2H3. The van der Waals surface area contributed by atoms with Crippen LogP contribution in [-0.4, -0.2) is 57.7 Å². The number of hydrogen-bond acceptors (Lipinski definition) is 5. The van der Waals surface area contributed by atoms with E-state index in [0.29, 0.717) is 36.5 Å². The van der Waals surface area contributed by atoms with Crippen LogP contribution in [0.5, 0.6) is 0 Å². The first kappa shape index (κ1) is 31.0. The zero-order chi connectivity index (χ0) is 27.5. The number of nitrogens with one attached hydrogen (secondary N) is 3. The van der Waals surface area contributed by atoms with Crippen LogP contribution in [-0.2, 0) is 4.74 Å². The fourth-order valence-corrected chi connectivity index (χ4v) is 3.76. The minimum absolute atomic E-state index is 0.112. The van der Waals surface area contributed by atoms with Crippen LogP contribution in [0, 0.1) is 6.92 Å². The number of H-pyrrole nitrogens is 1. The van der Waals surface area contributed by atoms with Crippen molar-refractivity contribution in [3.05, 3.63) is 46.2 Å². The van der Waals surface area contributed by atoms with Gasteiger partial charge in [-0.3, -0.25) is 14.7 Å². The molecule has 1 aromatic heterocycles. The maximum Gasteiger partial charge on any atom is 0.410 e. The summed E-state index contributed by atoms with van der Waals surface area (Å²) in [5.74, 6) is -0.807. The van der Waals surface area contributed by atoms with Crippen LogP contribution < -0.4 is 10.6 Å². The van der Waals surface area contributed by atoms with Crippen molar-refractivity contribution in [2.75, 3.05) is 18.4 Å². The van der Waals surface area contributed by atoms with E-state index in [0.717, 1.165) is 5.56 Å². The predicted molar refractivity (Wildman–Crippen MR) is 144 cm³/mol. The van der Waals surface area contributed by atoms with Gasteiger partial charge in [0.15, 0.2) is 0 Å². The van der Waals surface area contributed by atoms with Crippen molar-refractivity contribution in [2.24, 2.45) is 0 Å². The highest BCUT2D eigenvalue weighted by Gasteiger charge is 2.28. The Morgan fingerprint density at radius 2 is 1.69 bits per heavy atom. The monoisotopic (exact) mass is 521 g/mol. The Morgan fingerprint density at radius 3 is 2.25 bits per heavy atom. The highest BCUT2D eigenvalue weighted by atomic mass is 35.5. The van der Waals surface area contributed by atoms with E-state index in [1.54, 1.807) is 30.0 Å². The Hall–Kier alpha value is -3.07. The first-order valence-corrected chi connectivity index (χ1v) is 12.8. The van der Waals surface area contributed by atoms with Gasteiger partial charge in [-0.25, -0.2) is 4.79 Å². The van der Waals surface area contributed by atoms with Gasteiger partial charge in [-0.15, -0.1) is 0 Å². The lowest BCUT2D eigenvalue weighted by Crippen LogP contribution is -2.47. The van der Waals surface area contributed by atoms with Crippen LogP contribution in [0.3, 0.4) is 0 Å². The van der Waals surface area contributed by atoms with Crippen molar-refractivity contribution in [2.45, 2.75) is 79.9 Å². The summed E-state index contributed by atoms with van der Waals surface area (Å²) in [6.45, 7) is 16.2. The molecular weight excluding hydrogens is 482 g/mol. The van der Waals surface area contributed by atoms with E-state index < -0.39 is 11.5 Å². The predicted octanol–water partition coefficient (Wildman–Crippen LogP) is 5.81. The van der Waals surface area contributed by atoms with Gasteiger partial charge in [-0.2, -0.15) is 5.10 Å². The molecule has 0 aliphatic carbocycles. The summed E-state index contributed by atoms with van der Waals surface area (Å²) in [4.78, 5) is 39.3. The van der Waals surface area contributed by atoms with Gasteiger partial charge < -0.3 is 20.3 Å². The number of nitrogens with zero attached hydrogens (tertiary/aromatic N) is 2. The second-order valence-electron chi connectivity index (χ2n) is 8.76. The molecule has 2 heterocycles. The molecule has 3 rings (SSSR count). The van der Waals surface area contributed by atoms with Crippen molar-refractivity contribution in [3.8, 4) is 0 Å². The van der Waals surface area contributed by atoms with E-state index in [-0.39, 0.29) is 29.4 Å². The second kappa shape index (κ2) is 14.5. The number of rotatable bonds is 4. The lowest BCUT2D eigenvalue weighted by atomic mass is 10.1. The molecule has 200 valence electrons. The average molecular weight is 522 g/mol.